The number of amides is 1. The minimum Gasteiger partial charge on any atom is -0.482 e. The molecule has 3 atom stereocenters. The smallest absolute Gasteiger partial charge is 0.226 e. The van der Waals surface area contributed by atoms with E-state index in [1.54, 1.807) is 16.9 Å². The fourth-order valence-electron chi connectivity index (χ4n) is 5.62. The average molecular weight is 488 g/mol. The maximum absolute atomic E-state index is 14.5. The summed E-state index contributed by atoms with van der Waals surface area (Å²) >= 11 is 0. The highest BCUT2D eigenvalue weighted by molar-refractivity contribution is 5.86. The van der Waals surface area contributed by atoms with Crippen LogP contribution in [0, 0.1) is 5.82 Å². The molecule has 0 fully saturated rings. The predicted molar refractivity (Wildman–Crippen MR) is 132 cm³/mol. The van der Waals surface area contributed by atoms with Gasteiger partial charge in [-0.15, -0.1) is 0 Å². The van der Waals surface area contributed by atoms with E-state index >= 15 is 0 Å². The summed E-state index contributed by atoms with van der Waals surface area (Å²) in [5.41, 5.74) is 18.3. The number of anilines is 1. The van der Waals surface area contributed by atoms with E-state index in [2.05, 4.69) is 4.98 Å². The van der Waals surface area contributed by atoms with E-state index in [9.17, 15) is 9.18 Å². The predicted octanol–water partition coefficient (Wildman–Crippen LogP) is 3.64. The maximum Gasteiger partial charge on any atom is 0.226 e. The molecular formula is C26H26FN7O2. The van der Waals surface area contributed by atoms with Crippen molar-refractivity contribution in [2.75, 3.05) is 5.73 Å². The van der Waals surface area contributed by atoms with E-state index in [-0.39, 0.29) is 17.6 Å². The number of ether oxygens (including phenoxy) is 1. The largest absolute Gasteiger partial charge is 0.482 e. The molecule has 1 aliphatic carbocycles. The Balaban J connectivity index is 1.73. The molecule has 0 saturated heterocycles. The van der Waals surface area contributed by atoms with Gasteiger partial charge in [-0.2, -0.15) is 10.2 Å². The van der Waals surface area contributed by atoms with Gasteiger partial charge in [-0.3, -0.25) is 14.2 Å². The van der Waals surface area contributed by atoms with Crippen LogP contribution < -0.4 is 16.2 Å². The van der Waals surface area contributed by atoms with Crippen molar-refractivity contribution in [2.24, 2.45) is 12.8 Å². The van der Waals surface area contributed by atoms with Crippen molar-refractivity contribution in [3.8, 4) is 28.3 Å². The zero-order valence-corrected chi connectivity index (χ0v) is 20.2. The standard InChI is InChI=1S/C26H26FN7O2/c1-4-34-24-13-7-20(25(28)30-10-13)36-12(2)16-8-14(27)5-6-15(16)22-19(11-33(3)31-22)17-9-18(26(29)35)23(32-34)21(17)24/h5-8,10-12,17-18H,4,9H2,1-3H3,(H2,28,30)(H2,29,35)/t12-,17-,18?/m1/s1. The number of aryl methyl sites for hydroxylation is 2. The van der Waals surface area contributed by atoms with Gasteiger partial charge in [0.25, 0.3) is 0 Å². The molecule has 0 saturated carbocycles. The summed E-state index contributed by atoms with van der Waals surface area (Å²) in [6, 6.07) is 6.43. The molecule has 9 nitrogen and oxygen atoms in total. The van der Waals surface area contributed by atoms with Crippen LogP contribution in [-0.2, 0) is 18.4 Å². The summed E-state index contributed by atoms with van der Waals surface area (Å²) < 4.78 is 24.3. The van der Waals surface area contributed by atoms with Crippen LogP contribution in [0.15, 0.2) is 36.7 Å². The van der Waals surface area contributed by atoms with Crippen molar-refractivity contribution in [2.45, 2.75) is 44.8 Å². The maximum atomic E-state index is 14.5. The molecule has 0 radical (unpaired) electrons. The van der Waals surface area contributed by atoms with E-state index in [4.69, 9.17) is 26.4 Å². The topological polar surface area (TPSA) is 127 Å². The highest BCUT2D eigenvalue weighted by Gasteiger charge is 2.43. The number of fused-ring (bicyclic) bond motifs is 7. The summed E-state index contributed by atoms with van der Waals surface area (Å²) in [5, 5.41) is 9.61. The number of benzene rings is 1. The van der Waals surface area contributed by atoms with Gasteiger partial charge in [0.15, 0.2) is 11.6 Å². The fraction of sp³-hybridized carbons (Fsp3) is 0.308. The number of hydrogen-bond acceptors (Lipinski definition) is 6. The summed E-state index contributed by atoms with van der Waals surface area (Å²) in [7, 11) is 1.85. The number of nitrogens with two attached hydrogens (primary N) is 2. The van der Waals surface area contributed by atoms with Crippen LogP contribution in [-0.4, -0.2) is 30.5 Å². The lowest BCUT2D eigenvalue weighted by molar-refractivity contribution is -0.119. The van der Waals surface area contributed by atoms with Gasteiger partial charge in [-0.1, -0.05) is 0 Å². The summed E-state index contributed by atoms with van der Waals surface area (Å²) in [6.45, 7) is 4.42. The lowest BCUT2D eigenvalue weighted by atomic mass is 9.87. The van der Waals surface area contributed by atoms with E-state index in [1.165, 1.54) is 12.1 Å². The van der Waals surface area contributed by atoms with Crippen molar-refractivity contribution in [3.63, 3.8) is 0 Å². The number of rotatable bonds is 2. The zero-order valence-electron chi connectivity index (χ0n) is 20.2. The molecule has 4 N–H and O–H groups in total. The van der Waals surface area contributed by atoms with Crippen LogP contribution in [0.5, 0.6) is 5.75 Å². The second-order valence-electron chi connectivity index (χ2n) is 9.41. The third-order valence-electron chi connectivity index (χ3n) is 7.21. The van der Waals surface area contributed by atoms with E-state index in [0.717, 1.165) is 27.9 Å². The Kier molecular flexibility index (Phi) is 4.89. The molecular weight excluding hydrogens is 461 g/mol. The lowest BCUT2D eigenvalue weighted by Crippen LogP contribution is -2.20. The van der Waals surface area contributed by atoms with Crippen LogP contribution in [0.4, 0.5) is 10.2 Å². The molecule has 1 aliphatic heterocycles. The Bertz CT molecular complexity index is 1540. The highest BCUT2D eigenvalue weighted by atomic mass is 19.1. The first-order valence-corrected chi connectivity index (χ1v) is 11.9. The first kappa shape index (κ1) is 22.3. The minimum absolute atomic E-state index is 0.203. The highest BCUT2D eigenvalue weighted by Crippen LogP contribution is 2.52. The van der Waals surface area contributed by atoms with Gasteiger partial charge >= 0.3 is 0 Å². The molecule has 36 heavy (non-hydrogen) atoms. The van der Waals surface area contributed by atoms with Crippen LogP contribution in [0.3, 0.4) is 0 Å². The molecule has 3 aromatic heterocycles. The second kappa shape index (κ2) is 7.91. The zero-order chi connectivity index (χ0) is 25.3. The number of halogens is 1. The van der Waals surface area contributed by atoms with Crippen molar-refractivity contribution >= 4 is 11.7 Å². The molecule has 6 rings (SSSR count). The summed E-state index contributed by atoms with van der Waals surface area (Å²) in [5.74, 6) is -0.932. The molecule has 184 valence electrons. The van der Waals surface area contributed by atoms with Crippen LogP contribution in [0.1, 0.15) is 60.6 Å². The second-order valence-corrected chi connectivity index (χ2v) is 9.41. The molecule has 1 aromatic carbocycles. The van der Waals surface area contributed by atoms with Gasteiger partial charge in [0, 0.05) is 59.7 Å². The number of carbonyl (C=O) groups excluding carboxylic acids is 1. The monoisotopic (exact) mass is 487 g/mol. The van der Waals surface area contributed by atoms with Crippen LogP contribution in [0.2, 0.25) is 0 Å². The Hall–Kier alpha value is -4.21. The van der Waals surface area contributed by atoms with E-state index in [1.807, 2.05) is 37.8 Å². The van der Waals surface area contributed by atoms with Crippen molar-refractivity contribution in [3.05, 3.63) is 64.9 Å². The molecule has 0 spiro atoms. The third-order valence-corrected chi connectivity index (χ3v) is 7.21. The summed E-state index contributed by atoms with van der Waals surface area (Å²) in [4.78, 5) is 16.9. The molecule has 2 aliphatic rings. The third kappa shape index (κ3) is 3.20. The van der Waals surface area contributed by atoms with Gasteiger partial charge in [0.1, 0.15) is 11.9 Å². The van der Waals surface area contributed by atoms with Crippen molar-refractivity contribution < 1.29 is 13.9 Å². The first-order valence-electron chi connectivity index (χ1n) is 11.9. The Morgan fingerprint density at radius 1 is 1.25 bits per heavy atom. The Labute approximate surface area is 206 Å². The molecule has 4 aromatic rings. The lowest BCUT2D eigenvalue weighted by Gasteiger charge is -2.22. The molecule has 1 unspecified atom stereocenters. The average Bonchev–Trinajstić information content (AvgIpc) is 3.51. The van der Waals surface area contributed by atoms with Gasteiger partial charge in [0.05, 0.1) is 23.0 Å². The number of nitrogen functional groups attached to an aromatic ring is 1. The van der Waals surface area contributed by atoms with Crippen LogP contribution >= 0.6 is 0 Å². The van der Waals surface area contributed by atoms with E-state index in [0.29, 0.717) is 35.7 Å². The van der Waals surface area contributed by atoms with Gasteiger partial charge < -0.3 is 16.2 Å². The van der Waals surface area contributed by atoms with Crippen LogP contribution in [0.25, 0.3) is 22.5 Å². The normalized spacial score (nSPS) is 19.9. The fourth-order valence-corrected chi connectivity index (χ4v) is 5.62. The van der Waals surface area contributed by atoms with Gasteiger partial charge in [-0.25, -0.2) is 9.37 Å². The molecule has 2 bridgehead atoms. The number of carbonyl (C=O) groups is 1. The first-order chi connectivity index (χ1) is 17.3. The SMILES string of the molecule is CCn1nc2c3c1-c1cnc(N)c(c1)O[C@H](C)c1cc(F)ccc1-c1nn(C)cc1[C@H]3CC2C(N)=O. The van der Waals surface area contributed by atoms with Gasteiger partial charge in [-0.05, 0) is 44.5 Å². The van der Waals surface area contributed by atoms with Crippen molar-refractivity contribution in [1.82, 2.24) is 24.5 Å². The number of nitrogens with zero attached hydrogens (tertiary/aromatic N) is 5. The summed E-state index contributed by atoms with van der Waals surface area (Å²) in [6.07, 6.45) is 3.57. The number of pyridine rings is 1. The van der Waals surface area contributed by atoms with E-state index < -0.39 is 17.9 Å². The molecule has 4 heterocycles. The Morgan fingerprint density at radius 2 is 2.06 bits per heavy atom. The number of aromatic nitrogens is 5. The molecule has 1 amide bonds. The van der Waals surface area contributed by atoms with Crippen molar-refractivity contribution in [1.29, 1.82) is 0 Å². The Morgan fingerprint density at radius 3 is 2.81 bits per heavy atom. The quantitative estimate of drug-likeness (QED) is 0.444. The molecule has 10 heteroatoms. The van der Waals surface area contributed by atoms with Gasteiger partial charge in [0.2, 0.25) is 5.91 Å². The minimum atomic E-state index is -0.544. The number of hydrogen-bond donors (Lipinski definition) is 2. The number of primary amides is 1.